The fraction of sp³-hybridized carbons (Fsp3) is 0.429. The summed E-state index contributed by atoms with van der Waals surface area (Å²) in [5, 5.41) is 4.72. The van der Waals surface area contributed by atoms with E-state index in [4.69, 9.17) is 5.73 Å². The molecule has 0 radical (unpaired) electrons. The standard InChI is InChI=1S/C14H21N3/c1-3-16-9-12-10-17(4-2)13-7-5-6-11(8-15)14(12)13/h5-7,10,16H,3-4,8-9,15H2,1-2H3. The van der Waals surface area contributed by atoms with E-state index in [0.717, 1.165) is 19.6 Å². The van der Waals surface area contributed by atoms with Gasteiger partial charge < -0.3 is 15.6 Å². The van der Waals surface area contributed by atoms with Crippen molar-refractivity contribution < 1.29 is 0 Å². The summed E-state index contributed by atoms with van der Waals surface area (Å²) in [5.41, 5.74) is 9.72. The van der Waals surface area contributed by atoms with E-state index < -0.39 is 0 Å². The van der Waals surface area contributed by atoms with Crippen LogP contribution in [-0.2, 0) is 19.6 Å². The molecule has 0 aliphatic rings. The van der Waals surface area contributed by atoms with E-state index in [2.05, 4.69) is 48.1 Å². The lowest BCUT2D eigenvalue weighted by Crippen LogP contribution is -2.11. The quantitative estimate of drug-likeness (QED) is 0.828. The van der Waals surface area contributed by atoms with E-state index >= 15 is 0 Å². The zero-order valence-electron chi connectivity index (χ0n) is 10.7. The van der Waals surface area contributed by atoms with Gasteiger partial charge in [0.1, 0.15) is 0 Å². The number of hydrogen-bond acceptors (Lipinski definition) is 2. The number of fused-ring (bicyclic) bond motifs is 1. The lowest BCUT2D eigenvalue weighted by Gasteiger charge is -2.04. The topological polar surface area (TPSA) is 43.0 Å². The summed E-state index contributed by atoms with van der Waals surface area (Å²) in [6.07, 6.45) is 2.24. The molecule has 1 aromatic heterocycles. The normalized spacial score (nSPS) is 11.2. The van der Waals surface area contributed by atoms with Crippen LogP contribution in [0.1, 0.15) is 25.0 Å². The fourth-order valence-electron chi connectivity index (χ4n) is 2.34. The highest BCUT2D eigenvalue weighted by molar-refractivity contribution is 5.87. The van der Waals surface area contributed by atoms with Gasteiger partial charge in [0.15, 0.2) is 0 Å². The highest BCUT2D eigenvalue weighted by Crippen LogP contribution is 2.25. The van der Waals surface area contributed by atoms with Gasteiger partial charge in [-0.05, 0) is 30.7 Å². The molecule has 0 bridgehead atoms. The maximum Gasteiger partial charge on any atom is 0.0486 e. The van der Waals surface area contributed by atoms with Crippen molar-refractivity contribution in [1.82, 2.24) is 9.88 Å². The third kappa shape index (κ3) is 2.21. The Bertz CT molecular complexity index is 499. The van der Waals surface area contributed by atoms with Gasteiger partial charge in [0.25, 0.3) is 0 Å². The zero-order chi connectivity index (χ0) is 12.3. The Morgan fingerprint density at radius 2 is 2.06 bits per heavy atom. The molecule has 0 fully saturated rings. The highest BCUT2D eigenvalue weighted by atomic mass is 15.0. The monoisotopic (exact) mass is 231 g/mol. The molecule has 17 heavy (non-hydrogen) atoms. The van der Waals surface area contributed by atoms with Crippen molar-refractivity contribution in [2.45, 2.75) is 33.5 Å². The lowest BCUT2D eigenvalue weighted by atomic mass is 10.1. The molecule has 2 aromatic rings. The number of aromatic nitrogens is 1. The van der Waals surface area contributed by atoms with E-state index in [9.17, 15) is 0 Å². The van der Waals surface area contributed by atoms with Crippen molar-refractivity contribution in [1.29, 1.82) is 0 Å². The van der Waals surface area contributed by atoms with Crippen molar-refractivity contribution in [2.24, 2.45) is 5.73 Å². The Labute approximate surface area is 103 Å². The average molecular weight is 231 g/mol. The van der Waals surface area contributed by atoms with Gasteiger partial charge in [0.2, 0.25) is 0 Å². The van der Waals surface area contributed by atoms with Crippen molar-refractivity contribution in [2.75, 3.05) is 6.54 Å². The molecule has 0 aliphatic carbocycles. The van der Waals surface area contributed by atoms with Gasteiger partial charge in [0, 0.05) is 36.7 Å². The smallest absolute Gasteiger partial charge is 0.0486 e. The minimum atomic E-state index is 0.601. The van der Waals surface area contributed by atoms with Gasteiger partial charge in [-0.3, -0.25) is 0 Å². The Kier molecular flexibility index (Phi) is 3.82. The number of aryl methyl sites for hydroxylation is 1. The molecule has 1 heterocycles. The van der Waals surface area contributed by atoms with Gasteiger partial charge in [-0.15, -0.1) is 0 Å². The van der Waals surface area contributed by atoms with Crippen LogP contribution in [0.3, 0.4) is 0 Å². The molecule has 0 amide bonds. The molecule has 0 aliphatic heterocycles. The second-order valence-electron chi connectivity index (χ2n) is 4.24. The molecule has 92 valence electrons. The fourth-order valence-corrected chi connectivity index (χ4v) is 2.34. The van der Waals surface area contributed by atoms with Crippen molar-refractivity contribution in [3.63, 3.8) is 0 Å². The summed E-state index contributed by atoms with van der Waals surface area (Å²) in [4.78, 5) is 0. The molecule has 0 unspecified atom stereocenters. The summed E-state index contributed by atoms with van der Waals surface area (Å²) in [7, 11) is 0. The molecular weight excluding hydrogens is 210 g/mol. The van der Waals surface area contributed by atoms with E-state index in [1.807, 2.05) is 0 Å². The molecule has 0 atom stereocenters. The Morgan fingerprint density at radius 1 is 1.24 bits per heavy atom. The molecule has 0 saturated heterocycles. The first-order chi connectivity index (χ1) is 8.31. The highest BCUT2D eigenvalue weighted by Gasteiger charge is 2.10. The maximum absolute atomic E-state index is 5.83. The summed E-state index contributed by atoms with van der Waals surface area (Å²) in [6.45, 7) is 7.80. The molecule has 3 N–H and O–H groups in total. The van der Waals surface area contributed by atoms with Crippen molar-refractivity contribution in [3.8, 4) is 0 Å². The molecule has 3 heteroatoms. The van der Waals surface area contributed by atoms with Gasteiger partial charge in [-0.1, -0.05) is 19.1 Å². The third-order valence-corrected chi connectivity index (χ3v) is 3.20. The predicted molar refractivity (Wildman–Crippen MR) is 72.9 cm³/mol. The van der Waals surface area contributed by atoms with Gasteiger partial charge >= 0.3 is 0 Å². The minimum Gasteiger partial charge on any atom is -0.347 e. The van der Waals surface area contributed by atoms with Crippen molar-refractivity contribution >= 4 is 10.9 Å². The van der Waals surface area contributed by atoms with Crippen LogP contribution in [0.15, 0.2) is 24.4 Å². The second kappa shape index (κ2) is 5.34. The van der Waals surface area contributed by atoms with Gasteiger partial charge in [0.05, 0.1) is 0 Å². The maximum atomic E-state index is 5.83. The van der Waals surface area contributed by atoms with Crippen molar-refractivity contribution in [3.05, 3.63) is 35.5 Å². The van der Waals surface area contributed by atoms with Crippen LogP contribution < -0.4 is 11.1 Å². The first-order valence-corrected chi connectivity index (χ1v) is 6.32. The summed E-state index contributed by atoms with van der Waals surface area (Å²) in [5.74, 6) is 0. The van der Waals surface area contributed by atoms with E-state index in [1.165, 1.54) is 22.0 Å². The van der Waals surface area contributed by atoms with E-state index in [1.54, 1.807) is 0 Å². The van der Waals surface area contributed by atoms with Crippen LogP contribution in [-0.4, -0.2) is 11.1 Å². The van der Waals surface area contributed by atoms with Crippen LogP contribution >= 0.6 is 0 Å². The molecule has 0 spiro atoms. The van der Waals surface area contributed by atoms with Crippen LogP contribution in [0.25, 0.3) is 10.9 Å². The van der Waals surface area contributed by atoms with E-state index in [-0.39, 0.29) is 0 Å². The number of rotatable bonds is 5. The van der Waals surface area contributed by atoms with E-state index in [0.29, 0.717) is 6.54 Å². The second-order valence-corrected chi connectivity index (χ2v) is 4.24. The Morgan fingerprint density at radius 3 is 2.71 bits per heavy atom. The molecule has 2 rings (SSSR count). The first-order valence-electron chi connectivity index (χ1n) is 6.32. The zero-order valence-corrected chi connectivity index (χ0v) is 10.7. The number of nitrogens with zero attached hydrogens (tertiary/aromatic N) is 1. The number of nitrogens with one attached hydrogen (secondary N) is 1. The molecule has 0 saturated carbocycles. The predicted octanol–water partition coefficient (Wildman–Crippen LogP) is 2.23. The lowest BCUT2D eigenvalue weighted by molar-refractivity contribution is 0.721. The molecule has 3 nitrogen and oxygen atoms in total. The number of benzene rings is 1. The van der Waals surface area contributed by atoms with Crippen LogP contribution in [0.5, 0.6) is 0 Å². The third-order valence-electron chi connectivity index (χ3n) is 3.20. The number of nitrogens with two attached hydrogens (primary N) is 1. The Hall–Kier alpha value is -1.32. The average Bonchev–Trinajstić information content (AvgIpc) is 2.74. The summed E-state index contributed by atoms with van der Waals surface area (Å²) in [6, 6.07) is 6.39. The SMILES string of the molecule is CCNCc1cn(CC)c2cccc(CN)c12. The first kappa shape index (κ1) is 12.1. The Balaban J connectivity index is 2.57. The largest absolute Gasteiger partial charge is 0.347 e. The van der Waals surface area contributed by atoms with Crippen LogP contribution in [0, 0.1) is 0 Å². The number of hydrogen-bond donors (Lipinski definition) is 2. The van der Waals surface area contributed by atoms with Gasteiger partial charge in [-0.2, -0.15) is 0 Å². The van der Waals surface area contributed by atoms with Gasteiger partial charge in [-0.25, -0.2) is 0 Å². The minimum absolute atomic E-state index is 0.601. The van der Waals surface area contributed by atoms with Crippen LogP contribution in [0.2, 0.25) is 0 Å². The molecular formula is C14H21N3. The van der Waals surface area contributed by atoms with Crippen LogP contribution in [0.4, 0.5) is 0 Å². The molecule has 1 aromatic carbocycles. The summed E-state index contributed by atoms with van der Waals surface area (Å²) < 4.78 is 2.29. The summed E-state index contributed by atoms with van der Waals surface area (Å²) >= 11 is 0.